The van der Waals surface area contributed by atoms with Gasteiger partial charge in [-0.1, -0.05) is 18.2 Å². The first-order valence-electron chi connectivity index (χ1n) is 7.39. The van der Waals surface area contributed by atoms with Gasteiger partial charge < -0.3 is 15.4 Å². The second kappa shape index (κ2) is 6.69. The van der Waals surface area contributed by atoms with Crippen LogP contribution in [0, 0.1) is 5.82 Å². The van der Waals surface area contributed by atoms with Gasteiger partial charge in [-0.05, 0) is 24.3 Å². The maximum atomic E-state index is 13.4. The molecule has 1 atom stereocenters. The van der Waals surface area contributed by atoms with Crippen LogP contribution in [0.5, 0.6) is 5.75 Å². The van der Waals surface area contributed by atoms with E-state index in [4.69, 9.17) is 4.74 Å². The highest BCUT2D eigenvalue weighted by molar-refractivity contribution is 7.89. The molecule has 7 nitrogen and oxygen atoms in total. The Morgan fingerprint density at radius 3 is 2.80 bits per heavy atom. The molecule has 0 saturated carbocycles. The maximum absolute atomic E-state index is 13.4. The number of sulfonamides is 1. The van der Waals surface area contributed by atoms with Crippen molar-refractivity contribution in [2.24, 2.45) is 0 Å². The Balaban J connectivity index is 1.75. The highest BCUT2D eigenvalue weighted by Crippen LogP contribution is 2.26. The molecule has 2 aromatic carbocycles. The Morgan fingerprint density at radius 1 is 1.28 bits per heavy atom. The molecule has 0 radical (unpaired) electrons. The largest absolute Gasteiger partial charge is 0.496 e. The number of methoxy groups -OCH3 is 1. The molecule has 0 fully saturated rings. The van der Waals surface area contributed by atoms with Crippen LogP contribution in [0.3, 0.4) is 0 Å². The fourth-order valence-corrected chi connectivity index (χ4v) is 3.76. The van der Waals surface area contributed by atoms with Crippen molar-refractivity contribution in [3.63, 3.8) is 0 Å². The quantitative estimate of drug-likeness (QED) is 0.756. The summed E-state index contributed by atoms with van der Waals surface area (Å²) in [5.74, 6) is -0.590. The highest BCUT2D eigenvalue weighted by atomic mass is 32.2. The van der Waals surface area contributed by atoms with Gasteiger partial charge >= 0.3 is 0 Å². The first kappa shape index (κ1) is 17.2. The molecule has 0 bridgehead atoms. The van der Waals surface area contributed by atoms with E-state index in [1.54, 1.807) is 24.3 Å². The predicted octanol–water partition coefficient (Wildman–Crippen LogP) is 1.18. The Labute approximate surface area is 144 Å². The Morgan fingerprint density at radius 2 is 2.04 bits per heavy atom. The molecule has 2 aromatic rings. The third-order valence-electron chi connectivity index (χ3n) is 3.71. The third-order valence-corrected chi connectivity index (χ3v) is 5.19. The molecular formula is C16H16FN3O4S. The number of hydrogen-bond acceptors (Lipinski definition) is 5. The zero-order valence-corrected chi connectivity index (χ0v) is 14.1. The molecular weight excluding hydrogens is 349 g/mol. The first-order chi connectivity index (χ1) is 11.9. The van der Waals surface area contributed by atoms with Crippen molar-refractivity contribution in [1.82, 2.24) is 10.0 Å². The van der Waals surface area contributed by atoms with E-state index in [-0.39, 0.29) is 17.1 Å². The molecule has 3 rings (SSSR count). The standard InChI is InChI=1S/C16H16FN3O4S/c1-24-13-5-3-2-4-10(13)9-18-16(21)15-19-12-8-11(17)6-7-14(12)25(22,23)20-15/h2-8,15,19-20H,9H2,1H3,(H,18,21). The molecule has 1 aliphatic rings. The molecule has 1 heterocycles. The SMILES string of the molecule is COc1ccccc1CNC(=O)C1Nc2cc(F)ccc2S(=O)(=O)N1. The van der Waals surface area contributed by atoms with Crippen molar-refractivity contribution in [3.8, 4) is 5.75 Å². The van der Waals surface area contributed by atoms with Crippen molar-refractivity contribution in [3.05, 3.63) is 53.8 Å². The summed E-state index contributed by atoms with van der Waals surface area (Å²) in [4.78, 5) is 12.2. The van der Waals surface area contributed by atoms with E-state index in [0.29, 0.717) is 5.75 Å². The van der Waals surface area contributed by atoms with Crippen molar-refractivity contribution >= 4 is 21.6 Å². The second-order valence-electron chi connectivity index (χ2n) is 5.37. The summed E-state index contributed by atoms with van der Waals surface area (Å²) in [5.41, 5.74) is 0.777. The van der Waals surface area contributed by atoms with Crippen LogP contribution in [-0.4, -0.2) is 27.6 Å². The molecule has 9 heteroatoms. The zero-order valence-electron chi connectivity index (χ0n) is 13.2. The average Bonchev–Trinajstić information content (AvgIpc) is 2.58. The second-order valence-corrected chi connectivity index (χ2v) is 7.05. The van der Waals surface area contributed by atoms with Gasteiger partial charge in [0.1, 0.15) is 16.5 Å². The first-order valence-corrected chi connectivity index (χ1v) is 8.87. The van der Waals surface area contributed by atoms with E-state index < -0.39 is 27.9 Å². The van der Waals surface area contributed by atoms with Crippen LogP contribution in [0.15, 0.2) is 47.4 Å². The normalized spacial score (nSPS) is 17.9. The lowest BCUT2D eigenvalue weighted by atomic mass is 10.2. The zero-order chi connectivity index (χ0) is 18.0. The number of ether oxygens (including phenoxy) is 1. The number of hydrogen-bond donors (Lipinski definition) is 3. The summed E-state index contributed by atoms with van der Waals surface area (Å²) in [6.45, 7) is 0.152. The minimum Gasteiger partial charge on any atom is -0.496 e. The fraction of sp³-hybridized carbons (Fsp3) is 0.188. The fourth-order valence-electron chi connectivity index (χ4n) is 2.51. The number of carbonyl (C=O) groups is 1. The molecule has 1 unspecified atom stereocenters. The predicted molar refractivity (Wildman–Crippen MR) is 89.0 cm³/mol. The molecule has 132 valence electrons. The lowest BCUT2D eigenvalue weighted by Crippen LogP contribution is -2.53. The molecule has 0 saturated heterocycles. The van der Waals surface area contributed by atoms with Gasteiger partial charge in [-0.3, -0.25) is 4.79 Å². The topological polar surface area (TPSA) is 96.5 Å². The van der Waals surface area contributed by atoms with Gasteiger partial charge in [0.2, 0.25) is 10.0 Å². The summed E-state index contributed by atoms with van der Waals surface area (Å²) in [6.07, 6.45) is -1.24. The van der Waals surface area contributed by atoms with Gasteiger partial charge in [-0.2, -0.15) is 4.72 Å². The smallest absolute Gasteiger partial charge is 0.258 e. The van der Waals surface area contributed by atoms with Crippen LogP contribution in [0.2, 0.25) is 0 Å². The van der Waals surface area contributed by atoms with E-state index in [1.165, 1.54) is 7.11 Å². The van der Waals surface area contributed by atoms with E-state index in [0.717, 1.165) is 23.8 Å². The molecule has 3 N–H and O–H groups in total. The Bertz CT molecular complexity index is 917. The van der Waals surface area contributed by atoms with E-state index in [9.17, 15) is 17.6 Å². The van der Waals surface area contributed by atoms with Gasteiger partial charge in [0, 0.05) is 12.1 Å². The van der Waals surface area contributed by atoms with Crippen LogP contribution in [0.4, 0.5) is 10.1 Å². The summed E-state index contributed by atoms with van der Waals surface area (Å²) in [5, 5.41) is 5.31. The average molecular weight is 365 g/mol. The van der Waals surface area contributed by atoms with Gasteiger partial charge in [0.25, 0.3) is 5.91 Å². The van der Waals surface area contributed by atoms with Gasteiger partial charge in [-0.25, -0.2) is 12.8 Å². The highest BCUT2D eigenvalue weighted by Gasteiger charge is 2.33. The van der Waals surface area contributed by atoms with Crippen LogP contribution < -0.4 is 20.1 Å². The van der Waals surface area contributed by atoms with Crippen LogP contribution >= 0.6 is 0 Å². The lowest BCUT2D eigenvalue weighted by Gasteiger charge is -2.27. The van der Waals surface area contributed by atoms with Crippen LogP contribution in [-0.2, 0) is 21.4 Å². The van der Waals surface area contributed by atoms with Gasteiger partial charge in [0.05, 0.1) is 12.8 Å². The molecule has 0 aromatic heterocycles. The van der Waals surface area contributed by atoms with E-state index in [1.807, 2.05) is 0 Å². The van der Waals surface area contributed by atoms with Gasteiger partial charge in [0.15, 0.2) is 6.17 Å². The van der Waals surface area contributed by atoms with Crippen molar-refractivity contribution in [2.45, 2.75) is 17.6 Å². The summed E-state index contributed by atoms with van der Waals surface area (Å²) in [7, 11) is -2.40. The minimum absolute atomic E-state index is 0.0381. The Hall–Kier alpha value is -2.65. The number of para-hydroxylation sites is 1. The number of amides is 1. The van der Waals surface area contributed by atoms with E-state index in [2.05, 4.69) is 15.4 Å². The number of anilines is 1. The maximum Gasteiger partial charge on any atom is 0.258 e. The number of rotatable bonds is 4. The lowest BCUT2D eigenvalue weighted by molar-refractivity contribution is -0.122. The van der Waals surface area contributed by atoms with Gasteiger partial charge in [-0.15, -0.1) is 0 Å². The molecule has 25 heavy (non-hydrogen) atoms. The molecule has 0 aliphatic carbocycles. The number of nitrogens with one attached hydrogen (secondary N) is 3. The van der Waals surface area contributed by atoms with Crippen LogP contribution in [0.25, 0.3) is 0 Å². The minimum atomic E-state index is -3.91. The Kier molecular flexibility index (Phi) is 4.60. The monoisotopic (exact) mass is 365 g/mol. The summed E-state index contributed by atoms with van der Waals surface area (Å²) < 4.78 is 45.2. The number of halogens is 1. The van der Waals surface area contributed by atoms with Crippen molar-refractivity contribution in [2.75, 3.05) is 12.4 Å². The summed E-state index contributed by atoms with van der Waals surface area (Å²) >= 11 is 0. The molecule has 1 aliphatic heterocycles. The molecule has 1 amide bonds. The van der Waals surface area contributed by atoms with E-state index >= 15 is 0 Å². The number of carbonyl (C=O) groups excluding carboxylic acids is 1. The molecule has 0 spiro atoms. The van der Waals surface area contributed by atoms with Crippen molar-refractivity contribution in [1.29, 1.82) is 0 Å². The number of benzene rings is 2. The van der Waals surface area contributed by atoms with Crippen LogP contribution in [0.1, 0.15) is 5.56 Å². The number of fused-ring (bicyclic) bond motifs is 1. The summed E-state index contributed by atoms with van der Waals surface area (Å²) in [6, 6.07) is 10.3. The third kappa shape index (κ3) is 3.57. The van der Waals surface area contributed by atoms with Crippen molar-refractivity contribution < 1.29 is 22.3 Å².